The Morgan fingerprint density at radius 3 is 2.56 bits per heavy atom. The van der Waals surface area contributed by atoms with Gasteiger partial charge in [0.15, 0.2) is 6.29 Å². The summed E-state index contributed by atoms with van der Waals surface area (Å²) in [7, 11) is 0. The standard InChI is InChI=1S/C13H13O2.Rh/c1-10-8-15-9-13(10)12(7-14)11-5-3-2-4-6-11;/h2-7,10H,1,8-9H2;/q-1;/b13-12+;. The van der Waals surface area contributed by atoms with Gasteiger partial charge in [0.2, 0.25) is 0 Å². The molecule has 0 N–H and O–H groups in total. The summed E-state index contributed by atoms with van der Waals surface area (Å²) >= 11 is 0. The number of aldehydes is 1. The minimum Gasteiger partial charge on any atom is -0.379 e. The molecule has 0 saturated carbocycles. The van der Waals surface area contributed by atoms with Gasteiger partial charge in [0.25, 0.3) is 0 Å². The van der Waals surface area contributed by atoms with Crippen LogP contribution in [-0.4, -0.2) is 19.5 Å². The van der Waals surface area contributed by atoms with Crippen LogP contribution in [0.25, 0.3) is 5.57 Å². The van der Waals surface area contributed by atoms with Gasteiger partial charge in [-0.2, -0.15) is 0 Å². The summed E-state index contributed by atoms with van der Waals surface area (Å²) < 4.78 is 5.29. The Labute approximate surface area is 108 Å². The molecule has 1 fully saturated rings. The van der Waals surface area contributed by atoms with Crippen molar-refractivity contribution in [3.05, 3.63) is 48.4 Å². The van der Waals surface area contributed by atoms with E-state index in [9.17, 15) is 4.79 Å². The van der Waals surface area contributed by atoms with Crippen LogP contribution in [-0.2, 0) is 29.0 Å². The van der Waals surface area contributed by atoms with Crippen LogP contribution in [0.1, 0.15) is 5.56 Å². The molecule has 1 unspecified atom stereocenters. The van der Waals surface area contributed by atoms with Crippen LogP contribution in [0.5, 0.6) is 0 Å². The van der Waals surface area contributed by atoms with Gasteiger partial charge in [-0.3, -0.25) is 4.79 Å². The fourth-order valence-corrected chi connectivity index (χ4v) is 1.77. The van der Waals surface area contributed by atoms with Crippen molar-refractivity contribution in [1.82, 2.24) is 0 Å². The molecule has 1 aliphatic rings. The summed E-state index contributed by atoms with van der Waals surface area (Å²) in [6, 6.07) is 9.65. The Balaban J connectivity index is 0.00000128. The molecule has 0 spiro atoms. The average Bonchev–Trinajstić information content (AvgIpc) is 2.68. The Kier molecular flexibility index (Phi) is 5.04. The molecule has 1 aliphatic heterocycles. The number of allylic oxidation sites excluding steroid dienone is 1. The van der Waals surface area contributed by atoms with E-state index in [1.807, 2.05) is 30.3 Å². The molecule has 1 radical (unpaired) electrons. The van der Waals surface area contributed by atoms with Gasteiger partial charge in [-0.1, -0.05) is 35.9 Å². The molecular weight excluding hydrogens is 291 g/mol. The first-order chi connectivity index (χ1) is 7.33. The normalized spacial score (nSPS) is 22.4. The first kappa shape index (κ1) is 13.3. The van der Waals surface area contributed by atoms with Crippen LogP contribution in [0, 0.1) is 12.8 Å². The van der Waals surface area contributed by atoms with Crippen LogP contribution in [0.4, 0.5) is 0 Å². The van der Waals surface area contributed by atoms with Crippen molar-refractivity contribution >= 4 is 11.9 Å². The molecule has 1 saturated heterocycles. The number of ether oxygens (including phenoxy) is 1. The number of benzene rings is 1. The van der Waals surface area contributed by atoms with E-state index in [-0.39, 0.29) is 25.4 Å². The number of hydrogen-bond acceptors (Lipinski definition) is 2. The molecular formula is C13H13O2Rh-. The molecule has 0 bridgehead atoms. The van der Waals surface area contributed by atoms with Crippen molar-refractivity contribution in [3.8, 4) is 0 Å². The maximum absolute atomic E-state index is 11.1. The van der Waals surface area contributed by atoms with Gasteiger partial charge in [0, 0.05) is 31.7 Å². The number of hydrogen-bond donors (Lipinski definition) is 0. The quantitative estimate of drug-likeness (QED) is 0.362. The molecule has 0 aliphatic carbocycles. The minimum atomic E-state index is 0. The van der Waals surface area contributed by atoms with E-state index in [4.69, 9.17) is 4.74 Å². The van der Waals surface area contributed by atoms with Crippen molar-refractivity contribution in [3.63, 3.8) is 0 Å². The van der Waals surface area contributed by atoms with Gasteiger partial charge >= 0.3 is 0 Å². The van der Waals surface area contributed by atoms with E-state index in [1.54, 1.807) is 0 Å². The summed E-state index contributed by atoms with van der Waals surface area (Å²) in [6.07, 6.45) is 0.900. The van der Waals surface area contributed by atoms with Crippen molar-refractivity contribution < 1.29 is 29.0 Å². The number of carbonyl (C=O) groups excluding carboxylic acids is 1. The molecule has 1 aromatic rings. The average molecular weight is 304 g/mol. The first-order valence-electron chi connectivity index (χ1n) is 4.97. The Bertz CT molecular complexity index is 384. The predicted molar refractivity (Wildman–Crippen MR) is 59.1 cm³/mol. The minimum absolute atomic E-state index is 0. The van der Waals surface area contributed by atoms with Gasteiger partial charge in [-0.25, -0.2) is 0 Å². The van der Waals surface area contributed by atoms with Gasteiger partial charge in [-0.05, 0) is 5.56 Å². The third-order valence-electron chi connectivity index (χ3n) is 2.62. The van der Waals surface area contributed by atoms with Crippen LogP contribution in [0.15, 0.2) is 35.9 Å². The summed E-state index contributed by atoms with van der Waals surface area (Å²) in [5.41, 5.74) is 2.69. The third kappa shape index (κ3) is 2.66. The van der Waals surface area contributed by atoms with E-state index < -0.39 is 0 Å². The summed E-state index contributed by atoms with van der Waals surface area (Å²) in [6.45, 7) is 5.11. The molecule has 1 atom stereocenters. The fourth-order valence-electron chi connectivity index (χ4n) is 1.77. The van der Waals surface area contributed by atoms with Gasteiger partial charge in [0.05, 0.1) is 6.61 Å². The monoisotopic (exact) mass is 304 g/mol. The van der Waals surface area contributed by atoms with Crippen molar-refractivity contribution in [2.75, 3.05) is 13.2 Å². The van der Waals surface area contributed by atoms with E-state index in [1.165, 1.54) is 0 Å². The summed E-state index contributed by atoms with van der Waals surface area (Å²) in [4.78, 5) is 11.1. The second-order valence-electron chi connectivity index (χ2n) is 3.63. The molecule has 1 heterocycles. The molecule has 87 valence electrons. The van der Waals surface area contributed by atoms with E-state index in [0.29, 0.717) is 13.2 Å². The van der Waals surface area contributed by atoms with Crippen molar-refractivity contribution in [2.45, 2.75) is 0 Å². The SMILES string of the molecule is [CH2-]C1COC/C1=C(/C=O)c1ccccc1.[Rh]. The molecule has 3 heteroatoms. The van der Waals surface area contributed by atoms with E-state index >= 15 is 0 Å². The summed E-state index contributed by atoms with van der Waals surface area (Å²) in [5, 5.41) is 0. The van der Waals surface area contributed by atoms with E-state index in [2.05, 4.69) is 6.92 Å². The third-order valence-corrected chi connectivity index (χ3v) is 2.62. The predicted octanol–water partition coefficient (Wildman–Crippen LogP) is 2.12. The van der Waals surface area contributed by atoms with E-state index in [0.717, 1.165) is 23.0 Å². The molecule has 0 aromatic heterocycles. The topological polar surface area (TPSA) is 26.3 Å². The maximum Gasteiger partial charge on any atom is 0.150 e. The van der Waals surface area contributed by atoms with Gasteiger partial charge < -0.3 is 11.7 Å². The van der Waals surface area contributed by atoms with Gasteiger partial charge in [0.1, 0.15) is 0 Å². The van der Waals surface area contributed by atoms with Crippen molar-refractivity contribution in [1.29, 1.82) is 0 Å². The smallest absolute Gasteiger partial charge is 0.150 e. The molecule has 0 amide bonds. The largest absolute Gasteiger partial charge is 0.379 e. The van der Waals surface area contributed by atoms with Crippen molar-refractivity contribution in [2.24, 2.45) is 5.92 Å². The molecule has 2 nitrogen and oxygen atoms in total. The summed E-state index contributed by atoms with van der Waals surface area (Å²) in [5.74, 6) is 0.102. The van der Waals surface area contributed by atoms with Crippen LogP contribution in [0.3, 0.4) is 0 Å². The second kappa shape index (κ2) is 6.07. The molecule has 1 aromatic carbocycles. The Morgan fingerprint density at radius 2 is 2.06 bits per heavy atom. The zero-order valence-electron chi connectivity index (χ0n) is 8.81. The zero-order chi connectivity index (χ0) is 10.7. The second-order valence-corrected chi connectivity index (χ2v) is 3.63. The molecule has 16 heavy (non-hydrogen) atoms. The maximum atomic E-state index is 11.1. The van der Waals surface area contributed by atoms with Crippen LogP contribution < -0.4 is 0 Å². The Hall–Kier alpha value is -0.787. The first-order valence-corrected chi connectivity index (χ1v) is 4.97. The fraction of sp³-hybridized carbons (Fsp3) is 0.231. The zero-order valence-corrected chi connectivity index (χ0v) is 10.5. The Morgan fingerprint density at radius 1 is 1.38 bits per heavy atom. The number of carbonyl (C=O) groups is 1. The molecule has 2 rings (SSSR count). The van der Waals surface area contributed by atoms with Crippen LogP contribution >= 0.6 is 0 Å². The van der Waals surface area contributed by atoms with Gasteiger partial charge in [-0.15, -0.1) is 5.92 Å². The number of rotatable bonds is 2. The van der Waals surface area contributed by atoms with Crippen LogP contribution in [0.2, 0.25) is 0 Å².